The lowest BCUT2D eigenvalue weighted by atomic mass is 10.3. The van der Waals surface area contributed by atoms with Gasteiger partial charge in [-0.3, -0.25) is 0 Å². The predicted octanol–water partition coefficient (Wildman–Crippen LogP) is 4.69. The number of hydrogen-bond acceptors (Lipinski definition) is 2. The van der Waals surface area contributed by atoms with E-state index in [9.17, 15) is 0 Å². The van der Waals surface area contributed by atoms with E-state index in [1.54, 1.807) is 0 Å². The fourth-order valence-electron chi connectivity index (χ4n) is 1.35. The summed E-state index contributed by atoms with van der Waals surface area (Å²) >= 11 is 9.27. The summed E-state index contributed by atoms with van der Waals surface area (Å²) in [6.45, 7) is 5.71. The van der Waals surface area contributed by atoms with Gasteiger partial charge < -0.3 is 9.47 Å². The maximum atomic E-state index is 5.94. The smallest absolute Gasteiger partial charge is 0.124 e. The average molecular weight is 322 g/mol. The minimum atomic E-state index is 0.173. The lowest BCUT2D eigenvalue weighted by Crippen LogP contribution is -2.15. The summed E-state index contributed by atoms with van der Waals surface area (Å²) in [7, 11) is 0. The van der Waals surface area contributed by atoms with Crippen LogP contribution in [-0.2, 0) is 4.74 Å². The molecular weight excluding hydrogens is 303 g/mol. The van der Waals surface area contributed by atoms with Gasteiger partial charge in [-0.25, -0.2) is 0 Å². The molecule has 1 aliphatic rings. The molecule has 0 aromatic heterocycles. The van der Waals surface area contributed by atoms with Crippen molar-refractivity contribution in [3.8, 4) is 5.75 Å². The zero-order valence-corrected chi connectivity index (χ0v) is 12.6. The second kappa shape index (κ2) is 7.96. The molecule has 1 fully saturated rings. The van der Waals surface area contributed by atoms with Crippen LogP contribution in [0.5, 0.6) is 5.75 Å². The molecule has 1 saturated heterocycles. The van der Waals surface area contributed by atoms with Crippen molar-refractivity contribution in [2.45, 2.75) is 32.8 Å². The van der Waals surface area contributed by atoms with Crippen molar-refractivity contribution in [1.29, 1.82) is 0 Å². The Hall–Kier alpha value is -0.250. The van der Waals surface area contributed by atoms with Crippen molar-refractivity contribution in [3.05, 3.63) is 27.7 Å². The van der Waals surface area contributed by atoms with Gasteiger partial charge in [-0.2, -0.15) is 0 Å². The van der Waals surface area contributed by atoms with E-state index >= 15 is 0 Å². The Bertz CT molecular complexity index is 338. The molecule has 0 amide bonds. The van der Waals surface area contributed by atoms with Crippen molar-refractivity contribution < 1.29 is 9.47 Å². The number of hydrogen-bond donors (Lipinski definition) is 0. The standard InChI is InChI=1S/C10H10BrClO2.C3H8/c11-9-2-1-7(5-10(9)12)14-8-3-4-13-6-8;1-3-2/h1-2,5,8H,3-4,6H2;3H2,1-2H3. The molecule has 0 saturated carbocycles. The highest BCUT2D eigenvalue weighted by Crippen LogP contribution is 2.27. The van der Waals surface area contributed by atoms with Crippen molar-refractivity contribution in [2.24, 2.45) is 0 Å². The molecule has 4 heteroatoms. The van der Waals surface area contributed by atoms with Crippen molar-refractivity contribution in [1.82, 2.24) is 0 Å². The van der Waals surface area contributed by atoms with Crippen LogP contribution in [0.15, 0.2) is 22.7 Å². The van der Waals surface area contributed by atoms with E-state index in [1.807, 2.05) is 18.2 Å². The monoisotopic (exact) mass is 320 g/mol. The fraction of sp³-hybridized carbons (Fsp3) is 0.538. The molecule has 0 bridgehead atoms. The second-order valence-corrected chi connectivity index (χ2v) is 5.15. The maximum Gasteiger partial charge on any atom is 0.124 e. The highest BCUT2D eigenvalue weighted by Gasteiger charge is 2.17. The minimum absolute atomic E-state index is 0.173. The van der Waals surface area contributed by atoms with Crippen LogP contribution >= 0.6 is 27.5 Å². The average Bonchev–Trinajstić information content (AvgIpc) is 2.77. The van der Waals surface area contributed by atoms with Gasteiger partial charge in [0.25, 0.3) is 0 Å². The topological polar surface area (TPSA) is 18.5 Å². The van der Waals surface area contributed by atoms with E-state index in [0.717, 1.165) is 23.2 Å². The Kier molecular flexibility index (Phi) is 6.93. The van der Waals surface area contributed by atoms with Gasteiger partial charge in [0.15, 0.2) is 0 Å². The minimum Gasteiger partial charge on any atom is -0.488 e. The lowest BCUT2D eigenvalue weighted by Gasteiger charge is -2.11. The highest BCUT2D eigenvalue weighted by atomic mass is 79.9. The van der Waals surface area contributed by atoms with Crippen LogP contribution in [0.2, 0.25) is 5.02 Å². The van der Waals surface area contributed by atoms with Crippen LogP contribution in [0.4, 0.5) is 0 Å². The van der Waals surface area contributed by atoms with Gasteiger partial charge in [0.05, 0.1) is 18.2 Å². The van der Waals surface area contributed by atoms with Crippen LogP contribution in [0.25, 0.3) is 0 Å². The summed E-state index contributed by atoms with van der Waals surface area (Å²) in [5.74, 6) is 0.800. The zero-order chi connectivity index (χ0) is 12.7. The first kappa shape index (κ1) is 14.8. The van der Waals surface area contributed by atoms with Gasteiger partial charge in [-0.1, -0.05) is 31.9 Å². The van der Waals surface area contributed by atoms with Gasteiger partial charge in [-0.05, 0) is 34.1 Å². The van der Waals surface area contributed by atoms with Crippen molar-refractivity contribution >= 4 is 27.5 Å². The molecule has 1 aliphatic heterocycles. The normalized spacial score (nSPS) is 18.5. The third-order valence-corrected chi connectivity index (χ3v) is 3.31. The van der Waals surface area contributed by atoms with Gasteiger partial charge in [0.2, 0.25) is 0 Å². The SMILES string of the molecule is CCC.Clc1cc(OC2CCOC2)ccc1Br. The van der Waals surface area contributed by atoms with E-state index < -0.39 is 0 Å². The Morgan fingerprint density at radius 3 is 2.71 bits per heavy atom. The molecule has 0 N–H and O–H groups in total. The molecule has 0 spiro atoms. The number of halogens is 2. The van der Waals surface area contributed by atoms with Gasteiger partial charge in [-0.15, -0.1) is 0 Å². The molecule has 0 radical (unpaired) electrons. The van der Waals surface area contributed by atoms with Crippen LogP contribution < -0.4 is 4.74 Å². The molecule has 17 heavy (non-hydrogen) atoms. The van der Waals surface area contributed by atoms with Crippen LogP contribution in [0, 0.1) is 0 Å². The summed E-state index contributed by atoms with van der Waals surface area (Å²) in [5, 5.41) is 0.668. The molecule has 1 unspecified atom stereocenters. The lowest BCUT2D eigenvalue weighted by molar-refractivity contribution is 0.141. The summed E-state index contributed by atoms with van der Waals surface area (Å²) < 4.78 is 11.8. The molecule has 1 heterocycles. The number of ether oxygens (including phenoxy) is 2. The van der Waals surface area contributed by atoms with Crippen molar-refractivity contribution in [2.75, 3.05) is 13.2 Å². The first-order valence-corrected chi connectivity index (χ1v) is 7.03. The molecular formula is C13H18BrClO2. The van der Waals surface area contributed by atoms with Gasteiger partial charge >= 0.3 is 0 Å². The van der Waals surface area contributed by atoms with E-state index in [0.29, 0.717) is 11.6 Å². The van der Waals surface area contributed by atoms with E-state index in [1.165, 1.54) is 6.42 Å². The van der Waals surface area contributed by atoms with Gasteiger partial charge in [0, 0.05) is 10.9 Å². The third kappa shape index (κ3) is 5.28. The zero-order valence-electron chi connectivity index (χ0n) is 10.2. The van der Waals surface area contributed by atoms with Crippen molar-refractivity contribution in [3.63, 3.8) is 0 Å². The van der Waals surface area contributed by atoms with E-state index in [-0.39, 0.29) is 6.10 Å². The Labute approximate surface area is 116 Å². The third-order valence-electron chi connectivity index (χ3n) is 2.08. The quantitative estimate of drug-likeness (QED) is 0.787. The van der Waals surface area contributed by atoms with Crippen LogP contribution in [-0.4, -0.2) is 19.3 Å². The molecule has 96 valence electrons. The van der Waals surface area contributed by atoms with E-state index in [4.69, 9.17) is 21.1 Å². The largest absolute Gasteiger partial charge is 0.488 e. The highest BCUT2D eigenvalue weighted by molar-refractivity contribution is 9.10. The molecule has 1 atom stereocenters. The molecule has 2 nitrogen and oxygen atoms in total. The predicted molar refractivity (Wildman–Crippen MR) is 75.0 cm³/mol. The first-order chi connectivity index (χ1) is 8.17. The fourth-order valence-corrected chi connectivity index (χ4v) is 1.77. The van der Waals surface area contributed by atoms with Crippen LogP contribution in [0.3, 0.4) is 0 Å². The van der Waals surface area contributed by atoms with E-state index in [2.05, 4.69) is 29.8 Å². The molecule has 1 aromatic carbocycles. The Balaban J connectivity index is 0.000000437. The van der Waals surface area contributed by atoms with Gasteiger partial charge in [0.1, 0.15) is 11.9 Å². The molecule has 2 rings (SSSR count). The first-order valence-electron chi connectivity index (χ1n) is 5.86. The number of benzene rings is 1. The Morgan fingerprint density at radius 2 is 2.18 bits per heavy atom. The Morgan fingerprint density at radius 1 is 1.47 bits per heavy atom. The molecule has 1 aromatic rings. The number of rotatable bonds is 2. The summed E-state index contributed by atoms with van der Waals surface area (Å²) in [5.41, 5.74) is 0. The molecule has 0 aliphatic carbocycles. The second-order valence-electron chi connectivity index (χ2n) is 3.89. The summed E-state index contributed by atoms with van der Waals surface area (Å²) in [6, 6.07) is 5.59. The van der Waals surface area contributed by atoms with Crippen LogP contribution in [0.1, 0.15) is 26.7 Å². The summed E-state index contributed by atoms with van der Waals surface area (Å²) in [4.78, 5) is 0. The summed E-state index contributed by atoms with van der Waals surface area (Å²) in [6.07, 6.45) is 2.38. The maximum absolute atomic E-state index is 5.94.